The van der Waals surface area contributed by atoms with Crippen LogP contribution in [0, 0.1) is 12.3 Å². The Balaban J connectivity index is 2.27. The van der Waals surface area contributed by atoms with Gasteiger partial charge in [0.05, 0.1) is 17.6 Å². The number of hydrogen-bond donors (Lipinski definition) is 4. The lowest BCUT2D eigenvalue weighted by Gasteiger charge is -2.12. The van der Waals surface area contributed by atoms with E-state index in [2.05, 4.69) is 14.9 Å². The largest absolute Gasteiger partial charge is 0.484 e. The van der Waals surface area contributed by atoms with Crippen molar-refractivity contribution in [3.8, 4) is 5.75 Å². The molecule has 1 aromatic heterocycles. The zero-order valence-corrected chi connectivity index (χ0v) is 12.1. The van der Waals surface area contributed by atoms with Crippen molar-refractivity contribution in [2.24, 2.45) is 5.73 Å². The number of nitrogens with one attached hydrogen (secondary N) is 3. The Bertz CT molecular complexity index is 754. The van der Waals surface area contributed by atoms with Gasteiger partial charge in [0.1, 0.15) is 23.1 Å². The molecular formula is C12H15N5O3S. The minimum Gasteiger partial charge on any atom is -0.484 e. The third kappa shape index (κ3) is 3.51. The van der Waals surface area contributed by atoms with Gasteiger partial charge in [0.15, 0.2) is 0 Å². The van der Waals surface area contributed by atoms with E-state index in [0.717, 1.165) is 0 Å². The lowest BCUT2D eigenvalue weighted by Crippen LogP contribution is -2.20. The van der Waals surface area contributed by atoms with Crippen LogP contribution >= 0.6 is 0 Å². The number of rotatable bonds is 6. The molecule has 0 atom stereocenters. The van der Waals surface area contributed by atoms with Gasteiger partial charge in [-0.05, 0) is 19.1 Å². The van der Waals surface area contributed by atoms with Crippen molar-refractivity contribution >= 4 is 21.5 Å². The number of aromatic nitrogens is 2. The molecule has 112 valence electrons. The normalized spacial score (nSPS) is 11.1. The Kier molecular flexibility index (Phi) is 4.13. The topological polar surface area (TPSA) is 134 Å². The highest BCUT2D eigenvalue weighted by atomic mass is 32.2. The number of ether oxygens (including phenoxy) is 1. The molecule has 0 radical (unpaired) electrons. The number of H-pyrrole nitrogens is 1. The Morgan fingerprint density at radius 1 is 1.48 bits per heavy atom. The number of sulfonamides is 1. The molecule has 1 aromatic carbocycles. The van der Waals surface area contributed by atoms with Gasteiger partial charge in [-0.1, -0.05) is 12.1 Å². The zero-order valence-electron chi connectivity index (χ0n) is 11.3. The van der Waals surface area contributed by atoms with Crippen molar-refractivity contribution in [2.75, 3.05) is 11.3 Å². The predicted octanol–water partition coefficient (Wildman–Crippen LogP) is 0.834. The van der Waals surface area contributed by atoms with E-state index in [1.165, 1.54) is 6.20 Å². The molecule has 0 spiro atoms. The Morgan fingerprint density at radius 3 is 2.81 bits per heavy atom. The summed E-state index contributed by atoms with van der Waals surface area (Å²) in [5.74, 6) is 0.135. The van der Waals surface area contributed by atoms with E-state index >= 15 is 0 Å². The first-order chi connectivity index (χ1) is 9.90. The van der Waals surface area contributed by atoms with Gasteiger partial charge in [-0.25, -0.2) is 8.42 Å². The van der Waals surface area contributed by atoms with E-state index in [-0.39, 0.29) is 28.8 Å². The standard InChI is InChI=1S/C12H15N5O3S/c1-8-11(6-15-16-8)21(18,19)17-9-4-2-3-5-10(9)20-7-12(13)14/h2-6,17H,7H2,1H3,(H3,13,14)(H,15,16). The van der Waals surface area contributed by atoms with Gasteiger partial charge < -0.3 is 10.5 Å². The molecule has 8 nitrogen and oxygen atoms in total. The SMILES string of the molecule is Cc1[nH]ncc1S(=O)(=O)Nc1ccccc1OCC(=N)N. The molecule has 2 aromatic rings. The average Bonchev–Trinajstić information content (AvgIpc) is 2.84. The summed E-state index contributed by atoms with van der Waals surface area (Å²) < 4.78 is 32.3. The van der Waals surface area contributed by atoms with E-state index in [1.54, 1.807) is 31.2 Å². The molecule has 0 aliphatic heterocycles. The molecule has 21 heavy (non-hydrogen) atoms. The highest BCUT2D eigenvalue weighted by Gasteiger charge is 2.20. The predicted molar refractivity (Wildman–Crippen MR) is 78.0 cm³/mol. The molecule has 0 aliphatic carbocycles. The fourth-order valence-corrected chi connectivity index (χ4v) is 2.85. The van der Waals surface area contributed by atoms with Crippen LogP contribution in [0.4, 0.5) is 5.69 Å². The van der Waals surface area contributed by atoms with Crippen LogP contribution in [-0.4, -0.2) is 31.1 Å². The average molecular weight is 309 g/mol. The maximum atomic E-state index is 12.3. The second-order valence-electron chi connectivity index (χ2n) is 4.27. The Labute approximate surface area is 121 Å². The van der Waals surface area contributed by atoms with Gasteiger partial charge in [0.2, 0.25) is 0 Å². The van der Waals surface area contributed by atoms with Gasteiger partial charge >= 0.3 is 0 Å². The van der Waals surface area contributed by atoms with Crippen molar-refractivity contribution in [1.82, 2.24) is 10.2 Å². The summed E-state index contributed by atoms with van der Waals surface area (Å²) in [5, 5.41) is 13.4. The number of para-hydroxylation sites is 2. The molecule has 0 unspecified atom stereocenters. The maximum absolute atomic E-state index is 12.3. The van der Waals surface area contributed by atoms with Crippen LogP contribution in [0.5, 0.6) is 5.75 Å². The van der Waals surface area contributed by atoms with Crippen molar-refractivity contribution in [2.45, 2.75) is 11.8 Å². The lowest BCUT2D eigenvalue weighted by atomic mass is 10.3. The van der Waals surface area contributed by atoms with Crippen molar-refractivity contribution in [3.63, 3.8) is 0 Å². The highest BCUT2D eigenvalue weighted by Crippen LogP contribution is 2.26. The summed E-state index contributed by atoms with van der Waals surface area (Å²) in [5.41, 5.74) is 5.92. The third-order valence-corrected chi connectivity index (χ3v) is 4.07. The molecule has 0 fully saturated rings. The van der Waals surface area contributed by atoms with Gasteiger partial charge in [0, 0.05) is 0 Å². The summed E-state index contributed by atoms with van der Waals surface area (Å²) >= 11 is 0. The maximum Gasteiger partial charge on any atom is 0.265 e. The van der Waals surface area contributed by atoms with Crippen molar-refractivity contribution in [3.05, 3.63) is 36.2 Å². The van der Waals surface area contributed by atoms with Crippen molar-refractivity contribution in [1.29, 1.82) is 5.41 Å². The molecule has 0 saturated heterocycles. The van der Waals surface area contributed by atoms with Crippen LogP contribution in [0.1, 0.15) is 5.69 Å². The molecule has 0 amide bonds. The summed E-state index contributed by atoms with van der Waals surface area (Å²) in [4.78, 5) is 0.0591. The number of hydrogen-bond acceptors (Lipinski definition) is 5. The van der Waals surface area contributed by atoms with Gasteiger partial charge in [-0.2, -0.15) is 5.10 Å². The minimum atomic E-state index is -3.77. The van der Waals surface area contributed by atoms with Crippen LogP contribution in [0.3, 0.4) is 0 Å². The first kappa shape index (κ1) is 14.9. The summed E-state index contributed by atoms with van der Waals surface area (Å²) in [7, 11) is -3.77. The minimum absolute atomic E-state index is 0.0591. The molecule has 1 heterocycles. The smallest absolute Gasteiger partial charge is 0.265 e. The molecule has 9 heteroatoms. The monoisotopic (exact) mass is 309 g/mol. The summed E-state index contributed by atoms with van der Waals surface area (Å²) in [6.45, 7) is 1.49. The van der Waals surface area contributed by atoms with E-state index < -0.39 is 10.0 Å². The fourth-order valence-electron chi connectivity index (χ4n) is 1.64. The van der Waals surface area contributed by atoms with Gasteiger partial charge in [-0.3, -0.25) is 15.2 Å². The van der Waals surface area contributed by atoms with Crippen LogP contribution in [0.2, 0.25) is 0 Å². The molecule has 0 bridgehead atoms. The molecular weight excluding hydrogens is 294 g/mol. The number of aryl methyl sites for hydroxylation is 1. The van der Waals surface area contributed by atoms with Crippen molar-refractivity contribution < 1.29 is 13.2 Å². The Morgan fingerprint density at radius 2 is 2.19 bits per heavy atom. The zero-order chi connectivity index (χ0) is 15.5. The van der Waals surface area contributed by atoms with Crippen LogP contribution in [0.25, 0.3) is 0 Å². The number of amidine groups is 1. The van der Waals surface area contributed by atoms with Crippen LogP contribution < -0.4 is 15.2 Å². The quantitative estimate of drug-likeness (QED) is 0.463. The van der Waals surface area contributed by atoms with E-state index in [1.807, 2.05) is 0 Å². The molecule has 2 rings (SSSR count). The lowest BCUT2D eigenvalue weighted by molar-refractivity contribution is 0.376. The number of aromatic amines is 1. The molecule has 0 saturated carbocycles. The highest BCUT2D eigenvalue weighted by molar-refractivity contribution is 7.92. The molecule has 0 aliphatic rings. The number of benzene rings is 1. The first-order valence-electron chi connectivity index (χ1n) is 5.97. The Hall–Kier alpha value is -2.55. The number of nitrogens with two attached hydrogens (primary N) is 1. The van der Waals surface area contributed by atoms with E-state index in [0.29, 0.717) is 5.69 Å². The third-order valence-electron chi connectivity index (χ3n) is 2.59. The van der Waals surface area contributed by atoms with Gasteiger partial charge in [0.25, 0.3) is 10.0 Å². The number of anilines is 1. The first-order valence-corrected chi connectivity index (χ1v) is 7.46. The second-order valence-corrected chi connectivity index (χ2v) is 5.93. The van der Waals surface area contributed by atoms with E-state index in [9.17, 15) is 8.42 Å². The van der Waals surface area contributed by atoms with E-state index in [4.69, 9.17) is 15.9 Å². The number of nitrogens with zero attached hydrogens (tertiary/aromatic N) is 1. The summed E-state index contributed by atoms with van der Waals surface area (Å²) in [6.07, 6.45) is 1.23. The second kappa shape index (κ2) is 5.83. The van der Waals surface area contributed by atoms with Crippen LogP contribution in [0.15, 0.2) is 35.4 Å². The van der Waals surface area contributed by atoms with Gasteiger partial charge in [-0.15, -0.1) is 0 Å². The van der Waals surface area contributed by atoms with Crippen LogP contribution in [-0.2, 0) is 10.0 Å². The summed E-state index contributed by atoms with van der Waals surface area (Å²) in [6, 6.07) is 6.50. The molecule has 5 N–H and O–H groups in total. The fraction of sp³-hybridized carbons (Fsp3) is 0.167.